The topological polar surface area (TPSA) is 49.8 Å². The van der Waals surface area contributed by atoms with Gasteiger partial charge in [-0.15, -0.1) is 0 Å². The second-order valence-electron chi connectivity index (χ2n) is 6.01. The van der Waals surface area contributed by atoms with E-state index in [1.165, 1.54) is 11.1 Å². The number of ether oxygens (including phenoxy) is 1. The van der Waals surface area contributed by atoms with Gasteiger partial charge >= 0.3 is 5.97 Å². The van der Waals surface area contributed by atoms with Gasteiger partial charge in [-0.05, 0) is 42.2 Å². The van der Waals surface area contributed by atoms with Crippen molar-refractivity contribution >= 4 is 5.97 Å². The number of rotatable bonds is 4. The molecule has 0 spiro atoms. The summed E-state index contributed by atoms with van der Waals surface area (Å²) in [7, 11) is 1.66. The van der Waals surface area contributed by atoms with Crippen molar-refractivity contribution in [3.05, 3.63) is 64.7 Å². The number of hydrogen-bond acceptors (Lipinski definition) is 3. The molecule has 0 saturated heterocycles. The standard InChI is InChI=1S/C19H21NO3/c1-13-4-3-5-15(10-13)18(19(21)22)20-9-8-14-11-17(23-2)7-6-16(14)12-20/h3-7,10-11,18H,8-9,12H2,1-2H3,(H,21,22). The molecule has 23 heavy (non-hydrogen) atoms. The van der Waals surface area contributed by atoms with Gasteiger partial charge < -0.3 is 9.84 Å². The summed E-state index contributed by atoms with van der Waals surface area (Å²) in [5.74, 6) is 0.0539. The summed E-state index contributed by atoms with van der Waals surface area (Å²) in [6.45, 7) is 3.36. The first kappa shape index (κ1) is 15.6. The molecule has 0 bridgehead atoms. The van der Waals surface area contributed by atoms with Crippen LogP contribution in [0.1, 0.15) is 28.3 Å². The summed E-state index contributed by atoms with van der Waals surface area (Å²) in [5.41, 5.74) is 4.34. The molecule has 1 atom stereocenters. The number of aryl methyl sites for hydroxylation is 1. The zero-order chi connectivity index (χ0) is 16.4. The molecule has 0 radical (unpaired) electrons. The van der Waals surface area contributed by atoms with E-state index in [2.05, 4.69) is 6.07 Å². The number of fused-ring (bicyclic) bond motifs is 1. The Bertz CT molecular complexity index is 726. The third kappa shape index (κ3) is 3.22. The Morgan fingerprint density at radius 2 is 2.04 bits per heavy atom. The molecule has 1 aliphatic heterocycles. The third-order valence-corrected chi connectivity index (χ3v) is 4.41. The Balaban J connectivity index is 1.89. The first-order chi connectivity index (χ1) is 11.1. The second-order valence-corrected chi connectivity index (χ2v) is 6.01. The van der Waals surface area contributed by atoms with Crippen LogP contribution in [0.5, 0.6) is 5.75 Å². The maximum absolute atomic E-state index is 11.9. The van der Waals surface area contributed by atoms with Crippen LogP contribution < -0.4 is 4.74 Å². The first-order valence-corrected chi connectivity index (χ1v) is 7.77. The lowest BCUT2D eigenvalue weighted by Crippen LogP contribution is -2.38. The number of aliphatic carboxylic acids is 1. The van der Waals surface area contributed by atoms with E-state index in [0.29, 0.717) is 6.54 Å². The molecule has 0 aromatic heterocycles. The Kier molecular flexibility index (Phi) is 4.35. The average Bonchev–Trinajstić information content (AvgIpc) is 2.54. The fourth-order valence-corrected chi connectivity index (χ4v) is 3.25. The number of benzene rings is 2. The van der Waals surface area contributed by atoms with Gasteiger partial charge in [0, 0.05) is 13.1 Å². The lowest BCUT2D eigenvalue weighted by atomic mass is 9.95. The summed E-state index contributed by atoms with van der Waals surface area (Å²) in [6.07, 6.45) is 0.835. The van der Waals surface area contributed by atoms with Crippen molar-refractivity contribution in [2.45, 2.75) is 25.9 Å². The van der Waals surface area contributed by atoms with Gasteiger partial charge in [-0.3, -0.25) is 9.69 Å². The highest BCUT2D eigenvalue weighted by Crippen LogP contribution is 2.30. The smallest absolute Gasteiger partial charge is 0.325 e. The van der Waals surface area contributed by atoms with Crippen LogP contribution in [0.15, 0.2) is 42.5 Å². The lowest BCUT2D eigenvalue weighted by molar-refractivity contribution is -0.144. The highest BCUT2D eigenvalue weighted by Gasteiger charge is 2.30. The van der Waals surface area contributed by atoms with Gasteiger partial charge in [0.15, 0.2) is 0 Å². The zero-order valence-corrected chi connectivity index (χ0v) is 13.5. The van der Waals surface area contributed by atoms with Gasteiger partial charge in [-0.25, -0.2) is 0 Å². The minimum absolute atomic E-state index is 0.606. The molecule has 0 amide bonds. The highest BCUT2D eigenvalue weighted by molar-refractivity contribution is 5.75. The Labute approximate surface area is 136 Å². The summed E-state index contributed by atoms with van der Waals surface area (Å²) in [4.78, 5) is 13.9. The van der Waals surface area contributed by atoms with E-state index >= 15 is 0 Å². The SMILES string of the molecule is COc1ccc2c(c1)CCN(C(C(=O)O)c1cccc(C)c1)C2. The maximum atomic E-state index is 11.9. The fourth-order valence-electron chi connectivity index (χ4n) is 3.25. The molecule has 1 N–H and O–H groups in total. The molecule has 1 aliphatic rings. The summed E-state index contributed by atoms with van der Waals surface area (Å²) >= 11 is 0. The van der Waals surface area contributed by atoms with Crippen LogP contribution in [0, 0.1) is 6.92 Å². The summed E-state index contributed by atoms with van der Waals surface area (Å²) in [5, 5.41) is 9.74. The largest absolute Gasteiger partial charge is 0.497 e. The van der Waals surface area contributed by atoms with Crippen LogP contribution in [0.2, 0.25) is 0 Å². The van der Waals surface area contributed by atoms with E-state index in [4.69, 9.17) is 4.74 Å². The van der Waals surface area contributed by atoms with E-state index in [-0.39, 0.29) is 0 Å². The van der Waals surface area contributed by atoms with Crippen LogP contribution >= 0.6 is 0 Å². The van der Waals surface area contributed by atoms with Gasteiger partial charge in [0.25, 0.3) is 0 Å². The van der Waals surface area contributed by atoms with Gasteiger partial charge in [-0.1, -0.05) is 35.9 Å². The normalized spacial score (nSPS) is 15.7. The second kappa shape index (κ2) is 6.42. The van der Waals surface area contributed by atoms with Crippen molar-refractivity contribution < 1.29 is 14.6 Å². The Morgan fingerprint density at radius 1 is 1.22 bits per heavy atom. The molecule has 120 valence electrons. The van der Waals surface area contributed by atoms with Crippen molar-refractivity contribution in [1.29, 1.82) is 0 Å². The number of carboxylic acid groups (broad SMARTS) is 1. The number of nitrogens with zero attached hydrogens (tertiary/aromatic N) is 1. The third-order valence-electron chi connectivity index (χ3n) is 4.41. The molecular formula is C19H21NO3. The van der Waals surface area contributed by atoms with Crippen molar-refractivity contribution in [1.82, 2.24) is 4.90 Å². The molecular weight excluding hydrogens is 290 g/mol. The zero-order valence-electron chi connectivity index (χ0n) is 13.5. The summed E-state index contributed by atoms with van der Waals surface area (Å²) in [6, 6.07) is 13.2. The molecule has 1 unspecified atom stereocenters. The molecule has 4 nitrogen and oxygen atoms in total. The molecule has 0 saturated carbocycles. The van der Waals surface area contributed by atoms with Crippen LogP contribution in [0.25, 0.3) is 0 Å². The van der Waals surface area contributed by atoms with E-state index in [0.717, 1.165) is 29.8 Å². The van der Waals surface area contributed by atoms with E-state index < -0.39 is 12.0 Å². The van der Waals surface area contributed by atoms with Gasteiger partial charge in [0.1, 0.15) is 11.8 Å². The molecule has 1 heterocycles. The first-order valence-electron chi connectivity index (χ1n) is 7.77. The van der Waals surface area contributed by atoms with Gasteiger partial charge in [0.05, 0.1) is 7.11 Å². The van der Waals surface area contributed by atoms with Gasteiger partial charge in [0.2, 0.25) is 0 Å². The van der Waals surface area contributed by atoms with E-state index in [1.807, 2.05) is 48.2 Å². The fraction of sp³-hybridized carbons (Fsp3) is 0.316. The molecule has 0 fully saturated rings. The highest BCUT2D eigenvalue weighted by atomic mass is 16.5. The monoisotopic (exact) mass is 311 g/mol. The van der Waals surface area contributed by atoms with Crippen LogP contribution in [0.3, 0.4) is 0 Å². The minimum atomic E-state index is -0.799. The number of hydrogen-bond donors (Lipinski definition) is 1. The van der Waals surface area contributed by atoms with Crippen molar-refractivity contribution in [2.75, 3.05) is 13.7 Å². The number of methoxy groups -OCH3 is 1. The molecule has 3 rings (SSSR count). The Hall–Kier alpha value is -2.33. The van der Waals surface area contributed by atoms with Crippen LogP contribution in [-0.2, 0) is 17.8 Å². The lowest BCUT2D eigenvalue weighted by Gasteiger charge is -2.33. The minimum Gasteiger partial charge on any atom is -0.497 e. The van der Waals surface area contributed by atoms with E-state index in [9.17, 15) is 9.90 Å². The van der Waals surface area contributed by atoms with E-state index in [1.54, 1.807) is 7.11 Å². The number of carboxylic acids is 1. The predicted octanol–water partition coefficient (Wildman–Crippen LogP) is 3.19. The van der Waals surface area contributed by atoms with Gasteiger partial charge in [-0.2, -0.15) is 0 Å². The van der Waals surface area contributed by atoms with Crippen LogP contribution in [0.4, 0.5) is 0 Å². The molecule has 0 aliphatic carbocycles. The molecule has 2 aromatic carbocycles. The van der Waals surface area contributed by atoms with Crippen molar-refractivity contribution in [2.24, 2.45) is 0 Å². The molecule has 4 heteroatoms. The van der Waals surface area contributed by atoms with Crippen LogP contribution in [-0.4, -0.2) is 29.6 Å². The number of carbonyl (C=O) groups is 1. The predicted molar refractivity (Wildman–Crippen MR) is 88.7 cm³/mol. The molecule has 2 aromatic rings. The summed E-state index contributed by atoms with van der Waals surface area (Å²) < 4.78 is 5.27. The van der Waals surface area contributed by atoms with Crippen molar-refractivity contribution in [3.8, 4) is 5.75 Å². The Morgan fingerprint density at radius 3 is 2.74 bits per heavy atom. The average molecular weight is 311 g/mol. The maximum Gasteiger partial charge on any atom is 0.325 e. The van der Waals surface area contributed by atoms with Crippen molar-refractivity contribution in [3.63, 3.8) is 0 Å². The quantitative estimate of drug-likeness (QED) is 0.942.